The van der Waals surface area contributed by atoms with Crippen LogP contribution in [0.2, 0.25) is 0 Å². The Morgan fingerprint density at radius 2 is 0.510 bits per heavy atom. The van der Waals surface area contributed by atoms with E-state index >= 15 is 0 Å². The van der Waals surface area contributed by atoms with Crippen molar-refractivity contribution in [2.24, 2.45) is 0 Å². The summed E-state index contributed by atoms with van der Waals surface area (Å²) in [6.07, 6.45) is 66.6. The lowest BCUT2D eigenvalue weighted by Gasteiger charge is -2.21. The minimum Gasteiger partial charge on any atom is -0.462 e. The van der Waals surface area contributed by atoms with E-state index in [0.717, 1.165) is 141 Å². The SMILES string of the molecule is CCCCCC/C=C\C=C/CCCCCCCC(=O)OC[C@H](COP(=O)(O)OC[C@H](O)COP(=O)(O)OC[C@@H](COC(=O)CCCCCCC/C=C\CCCCCC)OC(=O)CCCCCCCCCCCCCCC)OC(=O)CCCCCCC/C=C\CCCCCCCC. The first-order chi connectivity index (χ1) is 46.7. The molecule has 0 bridgehead atoms. The van der Waals surface area contributed by atoms with Gasteiger partial charge in [-0.15, -0.1) is 0 Å². The van der Waals surface area contributed by atoms with Crippen molar-refractivity contribution in [1.29, 1.82) is 0 Å². The molecular weight excluding hydrogens is 1260 g/mol. The Kier molecular flexibility index (Phi) is 68.3. The van der Waals surface area contributed by atoms with Crippen molar-refractivity contribution in [3.05, 3.63) is 48.6 Å². The number of phosphoric ester groups is 2. The van der Waals surface area contributed by atoms with Gasteiger partial charge in [0, 0.05) is 25.7 Å². The van der Waals surface area contributed by atoms with Gasteiger partial charge in [-0.25, -0.2) is 9.13 Å². The van der Waals surface area contributed by atoms with Crippen LogP contribution in [0.5, 0.6) is 0 Å². The van der Waals surface area contributed by atoms with Gasteiger partial charge in [-0.05, 0) is 103 Å². The van der Waals surface area contributed by atoms with Crippen LogP contribution in [0, 0.1) is 0 Å². The van der Waals surface area contributed by atoms with E-state index in [9.17, 15) is 43.2 Å². The molecule has 0 saturated carbocycles. The summed E-state index contributed by atoms with van der Waals surface area (Å²) < 4.78 is 68.5. The fourth-order valence-corrected chi connectivity index (χ4v) is 12.4. The molecule has 0 fully saturated rings. The Bertz CT molecular complexity index is 2010. The molecule has 19 heteroatoms. The summed E-state index contributed by atoms with van der Waals surface area (Å²) >= 11 is 0. The van der Waals surface area contributed by atoms with Crippen molar-refractivity contribution < 1.29 is 80.2 Å². The normalized spacial score (nSPS) is 14.2. The highest BCUT2D eigenvalue weighted by molar-refractivity contribution is 7.47. The lowest BCUT2D eigenvalue weighted by Crippen LogP contribution is -2.30. The molecule has 96 heavy (non-hydrogen) atoms. The average molecular weight is 1400 g/mol. The summed E-state index contributed by atoms with van der Waals surface area (Å²) in [5.41, 5.74) is 0. The van der Waals surface area contributed by atoms with Gasteiger partial charge < -0.3 is 33.8 Å². The third-order valence-electron chi connectivity index (χ3n) is 16.8. The molecule has 3 N–H and O–H groups in total. The molecule has 0 rings (SSSR count). The minimum absolute atomic E-state index is 0.0865. The van der Waals surface area contributed by atoms with Gasteiger partial charge in [0.1, 0.15) is 19.3 Å². The number of unbranched alkanes of at least 4 members (excludes halogenated alkanes) is 41. The Morgan fingerprint density at radius 1 is 0.292 bits per heavy atom. The van der Waals surface area contributed by atoms with Crippen LogP contribution in [0.15, 0.2) is 48.6 Å². The first-order valence-electron chi connectivity index (χ1n) is 38.9. The number of ether oxygens (including phenoxy) is 4. The Labute approximate surface area is 585 Å². The number of carbonyl (C=O) groups excluding carboxylic acids is 4. The van der Waals surface area contributed by atoms with Crippen LogP contribution in [0.1, 0.15) is 362 Å². The molecule has 2 unspecified atom stereocenters. The summed E-state index contributed by atoms with van der Waals surface area (Å²) in [4.78, 5) is 72.8. The molecule has 0 heterocycles. The molecule has 0 aliphatic heterocycles. The van der Waals surface area contributed by atoms with Crippen LogP contribution in [0.4, 0.5) is 0 Å². The first-order valence-corrected chi connectivity index (χ1v) is 41.9. The summed E-state index contributed by atoms with van der Waals surface area (Å²) in [6, 6.07) is 0. The lowest BCUT2D eigenvalue weighted by atomic mass is 10.0. The number of esters is 4. The van der Waals surface area contributed by atoms with Gasteiger partial charge >= 0.3 is 39.5 Å². The quantitative estimate of drug-likeness (QED) is 0.0128. The van der Waals surface area contributed by atoms with E-state index in [4.69, 9.17) is 37.0 Å². The van der Waals surface area contributed by atoms with Crippen molar-refractivity contribution in [2.75, 3.05) is 39.6 Å². The predicted molar refractivity (Wildman–Crippen MR) is 390 cm³/mol. The smallest absolute Gasteiger partial charge is 0.462 e. The highest BCUT2D eigenvalue weighted by Crippen LogP contribution is 2.45. The minimum atomic E-state index is -4.97. The maximum absolute atomic E-state index is 13.1. The molecule has 17 nitrogen and oxygen atoms in total. The second-order valence-electron chi connectivity index (χ2n) is 26.3. The van der Waals surface area contributed by atoms with Crippen molar-refractivity contribution in [1.82, 2.24) is 0 Å². The van der Waals surface area contributed by atoms with Gasteiger partial charge in [0.25, 0.3) is 0 Å². The number of allylic oxidation sites excluding steroid dienone is 8. The molecule has 0 aliphatic carbocycles. The van der Waals surface area contributed by atoms with Crippen molar-refractivity contribution in [3.63, 3.8) is 0 Å². The highest BCUT2D eigenvalue weighted by Gasteiger charge is 2.30. The zero-order valence-electron chi connectivity index (χ0n) is 61.3. The van der Waals surface area contributed by atoms with E-state index in [-0.39, 0.29) is 25.7 Å². The highest BCUT2D eigenvalue weighted by atomic mass is 31.2. The first kappa shape index (κ1) is 93.0. The second kappa shape index (κ2) is 70.5. The van der Waals surface area contributed by atoms with Crippen molar-refractivity contribution in [2.45, 2.75) is 380 Å². The fourth-order valence-electron chi connectivity index (χ4n) is 10.8. The van der Waals surface area contributed by atoms with Crippen LogP contribution in [0.3, 0.4) is 0 Å². The molecule has 0 amide bonds. The van der Waals surface area contributed by atoms with Crippen molar-refractivity contribution in [3.8, 4) is 0 Å². The monoisotopic (exact) mass is 1400 g/mol. The molecule has 0 saturated heterocycles. The maximum atomic E-state index is 13.1. The van der Waals surface area contributed by atoms with E-state index in [1.54, 1.807) is 0 Å². The van der Waals surface area contributed by atoms with Crippen LogP contribution in [0.25, 0.3) is 0 Å². The third-order valence-corrected chi connectivity index (χ3v) is 18.7. The zero-order valence-corrected chi connectivity index (χ0v) is 63.1. The van der Waals surface area contributed by atoms with Crippen LogP contribution < -0.4 is 0 Å². The molecule has 0 radical (unpaired) electrons. The summed E-state index contributed by atoms with van der Waals surface area (Å²) in [6.45, 7) is 4.86. The summed E-state index contributed by atoms with van der Waals surface area (Å²) in [7, 11) is -9.94. The average Bonchev–Trinajstić information content (AvgIpc) is 1.36. The van der Waals surface area contributed by atoms with Gasteiger partial charge in [-0.1, -0.05) is 282 Å². The van der Waals surface area contributed by atoms with E-state index in [1.807, 2.05) is 0 Å². The zero-order chi connectivity index (χ0) is 70.4. The number of carbonyl (C=O) groups is 4. The lowest BCUT2D eigenvalue weighted by molar-refractivity contribution is -0.161. The Hall–Kier alpha value is -2.98. The van der Waals surface area contributed by atoms with E-state index < -0.39 is 97.5 Å². The van der Waals surface area contributed by atoms with E-state index in [0.29, 0.717) is 25.7 Å². The van der Waals surface area contributed by atoms with E-state index in [1.165, 1.54) is 141 Å². The van der Waals surface area contributed by atoms with Crippen LogP contribution >= 0.6 is 15.6 Å². The molecule has 5 atom stereocenters. The molecular formula is C77H142O17P2. The maximum Gasteiger partial charge on any atom is 0.472 e. The topological polar surface area (TPSA) is 237 Å². The number of aliphatic hydroxyl groups excluding tert-OH is 1. The van der Waals surface area contributed by atoms with Gasteiger partial charge in [0.2, 0.25) is 0 Å². The fraction of sp³-hybridized carbons (Fsp3) is 0.844. The molecule has 562 valence electrons. The standard InChI is InChI=1S/C77H142O17P2/c1-5-9-13-17-21-25-29-33-35-39-42-46-50-54-58-62-75(80)88-68-73(94-77(82)64-60-56-52-48-44-40-36-34-30-26-22-18-14-10-6-2)70-92-96(85,86)90-66-71(78)65-89-95(83,84)91-69-72(93-76(81)63-59-55-51-47-43-38-32-28-24-20-16-12-8-4)67-87-74(79)61-57-53-49-45-41-37-31-27-23-19-15-11-7-3/h25,27,29,31,33-36,71-73,78H,5-24,26,28,30,32,37-70H2,1-4H3,(H,83,84)(H,85,86)/b29-25-,31-27-,35-33-,36-34-/t71-,72-,73-/m1/s1. The van der Waals surface area contributed by atoms with Crippen LogP contribution in [-0.2, 0) is 65.4 Å². The van der Waals surface area contributed by atoms with Gasteiger partial charge in [-0.2, -0.15) is 0 Å². The molecule has 0 aromatic carbocycles. The number of hydrogen-bond acceptors (Lipinski definition) is 15. The molecule has 0 aliphatic rings. The number of phosphoric acid groups is 2. The Balaban J connectivity index is 5.33. The van der Waals surface area contributed by atoms with Crippen LogP contribution in [-0.4, -0.2) is 96.7 Å². The number of hydrogen-bond donors (Lipinski definition) is 3. The molecule has 0 spiro atoms. The van der Waals surface area contributed by atoms with Gasteiger partial charge in [-0.3, -0.25) is 37.3 Å². The molecule has 0 aromatic heterocycles. The number of rotatable bonds is 74. The van der Waals surface area contributed by atoms with Crippen molar-refractivity contribution >= 4 is 39.5 Å². The predicted octanol–water partition coefficient (Wildman–Crippen LogP) is 22.1. The van der Waals surface area contributed by atoms with E-state index in [2.05, 4.69) is 76.3 Å². The number of aliphatic hydroxyl groups is 1. The Morgan fingerprint density at radius 3 is 0.792 bits per heavy atom. The summed E-state index contributed by atoms with van der Waals surface area (Å²) in [5, 5.41) is 10.6. The molecule has 0 aromatic rings. The summed E-state index contributed by atoms with van der Waals surface area (Å²) in [5.74, 6) is -2.18. The second-order valence-corrected chi connectivity index (χ2v) is 29.2. The van der Waals surface area contributed by atoms with Gasteiger partial charge in [0.15, 0.2) is 12.2 Å². The largest absolute Gasteiger partial charge is 0.472 e. The third kappa shape index (κ3) is 69.5. The van der Waals surface area contributed by atoms with Gasteiger partial charge in [0.05, 0.1) is 26.4 Å².